The Morgan fingerprint density at radius 2 is 2.40 bits per heavy atom. The van der Waals surface area contributed by atoms with Crippen LogP contribution in [0.15, 0.2) is 0 Å². The van der Waals surface area contributed by atoms with E-state index in [-0.39, 0.29) is 5.92 Å². The number of aliphatic carboxylic acids is 1. The SMILES string of the molecule is CC1CSCC1(O)C(=O)O. The molecule has 4 heteroatoms. The number of carboxylic acid groups (broad SMARTS) is 1. The fraction of sp³-hybridized carbons (Fsp3) is 0.833. The Bertz CT molecular complexity index is 159. The molecule has 0 aromatic rings. The molecule has 1 aliphatic heterocycles. The number of aliphatic hydroxyl groups is 1. The monoisotopic (exact) mass is 162 g/mol. The first-order chi connectivity index (χ1) is 4.57. The van der Waals surface area contributed by atoms with Gasteiger partial charge in [0.25, 0.3) is 0 Å². The molecule has 10 heavy (non-hydrogen) atoms. The third-order valence-corrected chi connectivity index (χ3v) is 3.26. The highest BCUT2D eigenvalue weighted by Crippen LogP contribution is 2.33. The summed E-state index contributed by atoms with van der Waals surface area (Å²) in [5.41, 5.74) is -1.47. The van der Waals surface area contributed by atoms with E-state index in [1.54, 1.807) is 6.92 Å². The van der Waals surface area contributed by atoms with E-state index in [1.165, 1.54) is 11.8 Å². The fourth-order valence-corrected chi connectivity index (χ4v) is 2.41. The van der Waals surface area contributed by atoms with Gasteiger partial charge in [0.15, 0.2) is 5.60 Å². The zero-order chi connectivity index (χ0) is 7.78. The molecule has 2 atom stereocenters. The third-order valence-electron chi connectivity index (χ3n) is 1.88. The molecule has 0 radical (unpaired) electrons. The summed E-state index contributed by atoms with van der Waals surface area (Å²) >= 11 is 1.49. The number of hydrogen-bond acceptors (Lipinski definition) is 3. The summed E-state index contributed by atoms with van der Waals surface area (Å²) in [6.45, 7) is 1.76. The van der Waals surface area contributed by atoms with Gasteiger partial charge in [0.1, 0.15) is 0 Å². The van der Waals surface area contributed by atoms with E-state index in [0.717, 1.165) is 5.75 Å². The van der Waals surface area contributed by atoms with Crippen LogP contribution in [-0.4, -0.2) is 33.3 Å². The molecule has 2 N–H and O–H groups in total. The van der Waals surface area contributed by atoms with Gasteiger partial charge >= 0.3 is 5.97 Å². The molecule has 2 unspecified atom stereocenters. The van der Waals surface area contributed by atoms with E-state index in [1.807, 2.05) is 0 Å². The van der Waals surface area contributed by atoms with Crippen molar-refractivity contribution in [2.75, 3.05) is 11.5 Å². The van der Waals surface area contributed by atoms with Crippen LogP contribution < -0.4 is 0 Å². The molecule has 0 aromatic carbocycles. The molecule has 0 amide bonds. The summed E-state index contributed by atoms with van der Waals surface area (Å²) in [5.74, 6) is -0.160. The molecule has 58 valence electrons. The highest BCUT2D eigenvalue weighted by molar-refractivity contribution is 7.99. The van der Waals surface area contributed by atoms with Gasteiger partial charge in [-0.15, -0.1) is 0 Å². The van der Waals surface area contributed by atoms with E-state index in [2.05, 4.69) is 0 Å². The van der Waals surface area contributed by atoms with Crippen molar-refractivity contribution in [1.82, 2.24) is 0 Å². The normalized spacial score (nSPS) is 40.0. The maximum Gasteiger partial charge on any atom is 0.336 e. The van der Waals surface area contributed by atoms with Crippen LogP contribution in [0.25, 0.3) is 0 Å². The standard InChI is InChI=1S/C6H10O3S/c1-4-2-10-3-6(4,9)5(7)8/h4,9H,2-3H2,1H3,(H,7,8). The van der Waals surface area contributed by atoms with Crippen molar-refractivity contribution in [2.24, 2.45) is 5.92 Å². The van der Waals surface area contributed by atoms with Crippen molar-refractivity contribution in [2.45, 2.75) is 12.5 Å². The zero-order valence-corrected chi connectivity index (χ0v) is 6.52. The van der Waals surface area contributed by atoms with Crippen molar-refractivity contribution in [1.29, 1.82) is 0 Å². The zero-order valence-electron chi connectivity index (χ0n) is 5.70. The van der Waals surface area contributed by atoms with Gasteiger partial charge < -0.3 is 10.2 Å². The minimum atomic E-state index is -1.47. The second-order valence-electron chi connectivity index (χ2n) is 2.65. The Hall–Kier alpha value is -0.220. The van der Waals surface area contributed by atoms with Crippen LogP contribution in [0.4, 0.5) is 0 Å². The number of rotatable bonds is 1. The van der Waals surface area contributed by atoms with Gasteiger partial charge in [-0.3, -0.25) is 0 Å². The lowest BCUT2D eigenvalue weighted by Gasteiger charge is -2.20. The Morgan fingerprint density at radius 3 is 2.60 bits per heavy atom. The molecule has 0 saturated carbocycles. The quantitative estimate of drug-likeness (QED) is 0.577. The molecule has 3 nitrogen and oxygen atoms in total. The molecule has 1 rings (SSSR count). The van der Waals surface area contributed by atoms with Crippen LogP contribution in [0.3, 0.4) is 0 Å². The van der Waals surface area contributed by atoms with Crippen LogP contribution in [0.1, 0.15) is 6.92 Å². The van der Waals surface area contributed by atoms with Gasteiger partial charge in [-0.25, -0.2) is 4.79 Å². The lowest BCUT2D eigenvalue weighted by atomic mass is 9.93. The molecular formula is C6H10O3S. The largest absolute Gasteiger partial charge is 0.479 e. The predicted octanol–water partition coefficient (Wildman–Crippen LogP) is 0.185. The Kier molecular flexibility index (Phi) is 1.92. The van der Waals surface area contributed by atoms with Crippen LogP contribution in [-0.2, 0) is 4.79 Å². The number of carboxylic acids is 1. The first kappa shape index (κ1) is 7.88. The average Bonchev–Trinajstić information content (AvgIpc) is 2.15. The van der Waals surface area contributed by atoms with Gasteiger partial charge in [0, 0.05) is 11.7 Å². The van der Waals surface area contributed by atoms with Crippen LogP contribution >= 0.6 is 11.8 Å². The summed E-state index contributed by atoms with van der Waals surface area (Å²) in [5, 5.41) is 18.0. The van der Waals surface area contributed by atoms with E-state index in [9.17, 15) is 9.90 Å². The minimum absolute atomic E-state index is 0.130. The molecule has 0 spiro atoms. The summed E-state index contributed by atoms with van der Waals surface area (Å²) in [6.07, 6.45) is 0. The van der Waals surface area contributed by atoms with Gasteiger partial charge in [-0.05, 0) is 5.75 Å². The van der Waals surface area contributed by atoms with Crippen molar-refractivity contribution >= 4 is 17.7 Å². The summed E-state index contributed by atoms with van der Waals surface area (Å²) in [4.78, 5) is 10.5. The lowest BCUT2D eigenvalue weighted by Crippen LogP contribution is -2.43. The van der Waals surface area contributed by atoms with Gasteiger partial charge in [-0.2, -0.15) is 11.8 Å². The number of carbonyl (C=O) groups is 1. The van der Waals surface area contributed by atoms with E-state index < -0.39 is 11.6 Å². The molecule has 0 aromatic heterocycles. The maximum absolute atomic E-state index is 10.5. The molecule has 0 bridgehead atoms. The smallest absolute Gasteiger partial charge is 0.336 e. The molecule has 1 heterocycles. The van der Waals surface area contributed by atoms with Gasteiger partial charge in [0.2, 0.25) is 0 Å². The van der Waals surface area contributed by atoms with Crippen molar-refractivity contribution < 1.29 is 15.0 Å². The molecule has 1 aliphatic rings. The van der Waals surface area contributed by atoms with Crippen LogP contribution in [0.2, 0.25) is 0 Å². The Morgan fingerprint density at radius 1 is 1.80 bits per heavy atom. The highest BCUT2D eigenvalue weighted by Gasteiger charge is 2.45. The van der Waals surface area contributed by atoms with E-state index in [0.29, 0.717) is 5.75 Å². The van der Waals surface area contributed by atoms with Gasteiger partial charge in [-0.1, -0.05) is 6.92 Å². The van der Waals surface area contributed by atoms with Crippen LogP contribution in [0.5, 0.6) is 0 Å². The second-order valence-corrected chi connectivity index (χ2v) is 3.68. The van der Waals surface area contributed by atoms with Crippen molar-refractivity contribution in [3.63, 3.8) is 0 Å². The summed E-state index contributed by atoms with van der Waals surface area (Å²) in [7, 11) is 0. The molecular weight excluding hydrogens is 152 g/mol. The Labute approximate surface area is 63.4 Å². The topological polar surface area (TPSA) is 57.5 Å². The maximum atomic E-state index is 10.5. The second kappa shape index (κ2) is 2.43. The van der Waals surface area contributed by atoms with E-state index in [4.69, 9.17) is 5.11 Å². The third kappa shape index (κ3) is 1.01. The molecule has 1 fully saturated rings. The number of hydrogen-bond donors (Lipinski definition) is 2. The van der Waals surface area contributed by atoms with Crippen LogP contribution in [0, 0.1) is 5.92 Å². The highest BCUT2D eigenvalue weighted by atomic mass is 32.2. The van der Waals surface area contributed by atoms with Crippen molar-refractivity contribution in [3.05, 3.63) is 0 Å². The first-order valence-corrected chi connectivity index (χ1v) is 4.26. The fourth-order valence-electron chi connectivity index (χ4n) is 0.944. The van der Waals surface area contributed by atoms with E-state index >= 15 is 0 Å². The summed E-state index contributed by atoms with van der Waals surface area (Å²) in [6, 6.07) is 0. The summed E-state index contributed by atoms with van der Waals surface area (Å²) < 4.78 is 0. The Balaban J connectivity index is 2.75. The van der Waals surface area contributed by atoms with Crippen molar-refractivity contribution in [3.8, 4) is 0 Å². The average molecular weight is 162 g/mol. The van der Waals surface area contributed by atoms with Gasteiger partial charge in [0.05, 0.1) is 0 Å². The molecule has 0 aliphatic carbocycles. The lowest BCUT2D eigenvalue weighted by molar-refractivity contribution is -0.159. The first-order valence-electron chi connectivity index (χ1n) is 3.11. The molecule has 1 saturated heterocycles. The predicted molar refractivity (Wildman–Crippen MR) is 39.1 cm³/mol. The minimum Gasteiger partial charge on any atom is -0.479 e. The number of thioether (sulfide) groups is 1.